The average molecular weight is 448 g/mol. The van der Waals surface area contributed by atoms with Crippen LogP contribution in [0.4, 0.5) is 0 Å². The predicted molar refractivity (Wildman–Crippen MR) is 120 cm³/mol. The van der Waals surface area contributed by atoms with E-state index in [2.05, 4.69) is 11.8 Å². The normalized spacial score (nSPS) is 20.5. The lowest BCUT2D eigenvalue weighted by Crippen LogP contribution is -2.53. The summed E-state index contributed by atoms with van der Waals surface area (Å²) in [5.74, 6) is 2.87. The van der Waals surface area contributed by atoms with Crippen molar-refractivity contribution in [2.75, 3.05) is 40.5 Å². The molecule has 0 bridgehead atoms. The van der Waals surface area contributed by atoms with E-state index in [4.69, 9.17) is 35.3 Å². The van der Waals surface area contributed by atoms with Gasteiger partial charge in [-0.05, 0) is 50.1 Å². The Labute approximate surface area is 188 Å². The van der Waals surface area contributed by atoms with Crippen LogP contribution in [0.5, 0.6) is 23.0 Å². The van der Waals surface area contributed by atoms with Crippen molar-refractivity contribution < 1.29 is 23.7 Å². The van der Waals surface area contributed by atoms with E-state index in [0.717, 1.165) is 43.8 Å². The Bertz CT molecular complexity index is 875. The van der Waals surface area contributed by atoms with Crippen LogP contribution in [0.25, 0.3) is 0 Å². The molecular formula is C24H30ClNO5. The van der Waals surface area contributed by atoms with Gasteiger partial charge in [0, 0.05) is 30.2 Å². The first-order valence-electron chi connectivity index (χ1n) is 10.7. The van der Waals surface area contributed by atoms with E-state index in [1.54, 1.807) is 14.2 Å². The van der Waals surface area contributed by atoms with Crippen LogP contribution >= 0.6 is 11.6 Å². The highest BCUT2D eigenvalue weighted by Crippen LogP contribution is 2.39. The van der Waals surface area contributed by atoms with Crippen LogP contribution < -0.4 is 18.9 Å². The molecule has 6 nitrogen and oxygen atoms in total. The maximum atomic E-state index is 6.43. The minimum absolute atomic E-state index is 0.0221. The zero-order chi connectivity index (χ0) is 21.8. The van der Waals surface area contributed by atoms with Crippen molar-refractivity contribution in [1.82, 2.24) is 4.90 Å². The molecule has 168 valence electrons. The molecule has 0 N–H and O–H groups in total. The number of hydrogen-bond donors (Lipinski definition) is 0. The molecule has 2 heterocycles. The van der Waals surface area contributed by atoms with Crippen molar-refractivity contribution in [1.29, 1.82) is 0 Å². The highest BCUT2D eigenvalue weighted by atomic mass is 35.5. The molecule has 0 aromatic heterocycles. The third kappa shape index (κ3) is 4.71. The summed E-state index contributed by atoms with van der Waals surface area (Å²) in [5, 5.41) is 0.705. The fourth-order valence-corrected chi connectivity index (χ4v) is 4.55. The van der Waals surface area contributed by atoms with Gasteiger partial charge in [0.1, 0.15) is 24.1 Å². The number of piperidine rings is 1. The summed E-state index contributed by atoms with van der Waals surface area (Å²) < 4.78 is 29.5. The summed E-state index contributed by atoms with van der Waals surface area (Å²) in [4.78, 5) is 2.40. The second-order valence-electron chi connectivity index (χ2n) is 8.05. The van der Waals surface area contributed by atoms with Gasteiger partial charge in [-0.15, -0.1) is 0 Å². The fraction of sp³-hybridized carbons (Fsp3) is 0.500. The number of ether oxygens (including phenoxy) is 5. The van der Waals surface area contributed by atoms with E-state index in [1.807, 2.05) is 36.4 Å². The lowest BCUT2D eigenvalue weighted by molar-refractivity contribution is -0.136. The van der Waals surface area contributed by atoms with E-state index < -0.39 is 0 Å². The van der Waals surface area contributed by atoms with Crippen molar-refractivity contribution in [3.8, 4) is 23.0 Å². The SMILES string of the molecule is COc1cccc(OC)c1OCCN1CCC2(CC1)OCc1cc(Cl)ccc1OC2C. The second-order valence-corrected chi connectivity index (χ2v) is 8.48. The van der Waals surface area contributed by atoms with E-state index in [0.29, 0.717) is 35.5 Å². The quantitative estimate of drug-likeness (QED) is 0.646. The molecule has 2 aliphatic heterocycles. The lowest BCUT2D eigenvalue weighted by atomic mass is 9.86. The van der Waals surface area contributed by atoms with Crippen LogP contribution in [-0.2, 0) is 11.3 Å². The first-order valence-corrected chi connectivity index (χ1v) is 11.1. The molecule has 1 fully saturated rings. The van der Waals surface area contributed by atoms with E-state index >= 15 is 0 Å². The van der Waals surface area contributed by atoms with Crippen molar-refractivity contribution >= 4 is 11.6 Å². The van der Waals surface area contributed by atoms with Gasteiger partial charge in [0.15, 0.2) is 11.5 Å². The minimum atomic E-state index is -0.283. The topological polar surface area (TPSA) is 49.4 Å². The first-order chi connectivity index (χ1) is 15.0. The Morgan fingerprint density at radius 3 is 2.48 bits per heavy atom. The predicted octanol–water partition coefficient (Wildman–Crippen LogP) is 4.57. The Morgan fingerprint density at radius 1 is 1.10 bits per heavy atom. The maximum Gasteiger partial charge on any atom is 0.203 e. The van der Waals surface area contributed by atoms with Gasteiger partial charge in [0.25, 0.3) is 0 Å². The third-order valence-electron chi connectivity index (χ3n) is 6.32. The minimum Gasteiger partial charge on any atom is -0.493 e. The third-order valence-corrected chi connectivity index (χ3v) is 6.56. The van der Waals surface area contributed by atoms with Gasteiger partial charge in [-0.2, -0.15) is 0 Å². The Kier molecular flexibility index (Phi) is 6.80. The van der Waals surface area contributed by atoms with Crippen LogP contribution in [0.2, 0.25) is 5.02 Å². The zero-order valence-corrected chi connectivity index (χ0v) is 19.1. The summed E-state index contributed by atoms with van der Waals surface area (Å²) in [5.41, 5.74) is 0.729. The Hall–Kier alpha value is -2.15. The molecule has 4 rings (SSSR count). The van der Waals surface area contributed by atoms with Crippen molar-refractivity contribution in [3.63, 3.8) is 0 Å². The molecule has 2 aromatic rings. The summed E-state index contributed by atoms with van der Waals surface area (Å²) in [7, 11) is 3.27. The van der Waals surface area contributed by atoms with E-state index in [1.165, 1.54) is 0 Å². The number of rotatable bonds is 6. The van der Waals surface area contributed by atoms with Crippen molar-refractivity contribution in [3.05, 3.63) is 47.0 Å². The standard InChI is InChI=1S/C24H30ClNO5/c1-17-24(30-16-18-15-19(25)7-8-20(18)31-17)9-11-26(12-10-24)13-14-29-23-21(27-2)5-4-6-22(23)28-3/h4-8,15,17H,9-14,16H2,1-3H3. The molecule has 0 amide bonds. The molecule has 2 aliphatic rings. The van der Waals surface area contributed by atoms with E-state index in [9.17, 15) is 0 Å². The van der Waals surface area contributed by atoms with Gasteiger partial charge in [-0.1, -0.05) is 17.7 Å². The molecule has 1 saturated heterocycles. The molecule has 0 saturated carbocycles. The number of fused-ring (bicyclic) bond motifs is 1. The van der Waals surface area contributed by atoms with Gasteiger partial charge in [0.2, 0.25) is 5.75 Å². The van der Waals surface area contributed by atoms with Crippen LogP contribution in [0.3, 0.4) is 0 Å². The molecule has 1 unspecified atom stereocenters. The van der Waals surface area contributed by atoms with Crippen LogP contribution in [0.1, 0.15) is 25.3 Å². The summed E-state index contributed by atoms with van der Waals surface area (Å²) >= 11 is 6.15. The van der Waals surface area contributed by atoms with Gasteiger partial charge >= 0.3 is 0 Å². The molecular weight excluding hydrogens is 418 g/mol. The molecule has 0 aliphatic carbocycles. The number of nitrogens with zero attached hydrogens (tertiary/aromatic N) is 1. The number of hydrogen-bond acceptors (Lipinski definition) is 6. The average Bonchev–Trinajstić information content (AvgIpc) is 2.92. The Balaban J connectivity index is 1.32. The first kappa shape index (κ1) is 22.1. The largest absolute Gasteiger partial charge is 0.493 e. The van der Waals surface area contributed by atoms with Crippen LogP contribution in [0, 0.1) is 0 Å². The molecule has 0 radical (unpaired) electrons. The lowest BCUT2D eigenvalue weighted by Gasteiger charge is -2.43. The molecule has 1 atom stereocenters. The van der Waals surface area contributed by atoms with Gasteiger partial charge in [0.05, 0.1) is 20.8 Å². The van der Waals surface area contributed by atoms with Gasteiger partial charge in [-0.3, -0.25) is 4.90 Å². The molecule has 31 heavy (non-hydrogen) atoms. The van der Waals surface area contributed by atoms with Crippen molar-refractivity contribution in [2.45, 2.75) is 38.1 Å². The highest BCUT2D eigenvalue weighted by molar-refractivity contribution is 6.30. The second kappa shape index (κ2) is 9.55. The summed E-state index contributed by atoms with van der Waals surface area (Å²) in [6.07, 6.45) is 1.80. The Morgan fingerprint density at radius 2 is 1.81 bits per heavy atom. The fourth-order valence-electron chi connectivity index (χ4n) is 4.35. The molecule has 1 spiro atoms. The van der Waals surface area contributed by atoms with Crippen LogP contribution in [-0.4, -0.2) is 57.1 Å². The summed E-state index contributed by atoms with van der Waals surface area (Å²) in [6, 6.07) is 11.4. The summed E-state index contributed by atoms with van der Waals surface area (Å²) in [6.45, 7) is 5.87. The number of halogens is 1. The highest BCUT2D eigenvalue weighted by Gasteiger charge is 2.43. The van der Waals surface area contributed by atoms with Gasteiger partial charge in [-0.25, -0.2) is 0 Å². The number of methoxy groups -OCH3 is 2. The maximum absolute atomic E-state index is 6.43. The number of benzene rings is 2. The van der Waals surface area contributed by atoms with Crippen LogP contribution in [0.15, 0.2) is 36.4 Å². The monoisotopic (exact) mass is 447 g/mol. The number of para-hydroxylation sites is 1. The smallest absolute Gasteiger partial charge is 0.203 e. The van der Waals surface area contributed by atoms with Crippen molar-refractivity contribution in [2.24, 2.45) is 0 Å². The number of likely N-dealkylation sites (tertiary alicyclic amines) is 1. The molecule has 2 aromatic carbocycles. The molecule has 7 heteroatoms. The zero-order valence-electron chi connectivity index (χ0n) is 18.4. The van der Waals surface area contributed by atoms with E-state index in [-0.39, 0.29) is 11.7 Å². The van der Waals surface area contributed by atoms with Gasteiger partial charge < -0.3 is 23.7 Å².